The Labute approximate surface area is 48.1 Å². The third-order valence-corrected chi connectivity index (χ3v) is 0.495. The maximum absolute atomic E-state index is 10.2. The monoisotopic (exact) mass is 115 g/mol. The Morgan fingerprint density at radius 1 is 2.00 bits per heavy atom. The van der Waals surface area contributed by atoms with E-state index in [-0.39, 0.29) is 0 Å². The van der Waals surface area contributed by atoms with Crippen molar-refractivity contribution in [2.24, 2.45) is 0 Å². The van der Waals surface area contributed by atoms with Gasteiger partial charge in [0.1, 0.15) is 12.1 Å². The minimum atomic E-state index is -0.456. The molecule has 0 aromatic carbocycles. The quantitative estimate of drug-likeness (QED) is 0.354. The van der Waals surface area contributed by atoms with Crippen molar-refractivity contribution >= 4 is 0 Å². The van der Waals surface area contributed by atoms with Crippen LogP contribution in [-0.2, 0) is 4.74 Å². The van der Waals surface area contributed by atoms with Crippen molar-refractivity contribution in [2.45, 2.75) is 6.92 Å². The van der Waals surface area contributed by atoms with Gasteiger partial charge in [-0.15, -0.1) is 0 Å². The summed E-state index contributed by atoms with van der Waals surface area (Å²) in [7, 11) is 0. The molecule has 0 bridgehead atoms. The fourth-order valence-electron chi connectivity index (χ4n) is 0.256. The fourth-order valence-corrected chi connectivity index (χ4v) is 0.256. The average Bonchev–Trinajstić information content (AvgIpc) is 1.68. The maximum Gasteiger partial charge on any atom is 0.136 e. The Morgan fingerprint density at radius 3 is 3.00 bits per heavy atom. The molecule has 0 heterocycles. The lowest BCUT2D eigenvalue weighted by atomic mass is 10.8. The van der Waals surface area contributed by atoms with E-state index in [0.717, 1.165) is 0 Å². The normalized spacial score (nSPS) is 7.25. The molecule has 0 amide bonds. The number of ether oxygens (including phenoxy) is 1. The number of quaternary nitrogens is 1. The highest BCUT2D eigenvalue weighted by atomic mass is 16.6. The van der Waals surface area contributed by atoms with Crippen LogP contribution >= 0.6 is 0 Å². The van der Waals surface area contributed by atoms with Crippen molar-refractivity contribution in [3.05, 3.63) is 17.9 Å². The summed E-state index contributed by atoms with van der Waals surface area (Å²) >= 11 is 0. The zero-order chi connectivity index (χ0) is 6.41. The van der Waals surface area contributed by atoms with Gasteiger partial charge >= 0.3 is 0 Å². The number of hydrogen-bond donors (Lipinski definition) is 1. The molecule has 0 saturated carbocycles. The van der Waals surface area contributed by atoms with Crippen LogP contribution in [0.25, 0.3) is 0 Å². The van der Waals surface area contributed by atoms with Gasteiger partial charge in [-0.05, 0) is 12.3 Å². The summed E-state index contributed by atoms with van der Waals surface area (Å²) < 4.78 is 4.46. The van der Waals surface area contributed by atoms with Gasteiger partial charge in [-0.1, -0.05) is 6.92 Å². The summed E-state index contributed by atoms with van der Waals surface area (Å²) in [5.41, 5.74) is 5.52. The van der Waals surface area contributed by atoms with Crippen LogP contribution in [0.3, 0.4) is 0 Å². The van der Waals surface area contributed by atoms with Gasteiger partial charge in [0.25, 0.3) is 0 Å². The minimum absolute atomic E-state index is 0.389. The van der Waals surface area contributed by atoms with E-state index in [1.807, 2.05) is 0 Å². The first-order valence-corrected chi connectivity index (χ1v) is 2.35. The Balaban J connectivity index is 3.62. The molecule has 0 aromatic heterocycles. The van der Waals surface area contributed by atoms with E-state index in [4.69, 9.17) is 0 Å². The van der Waals surface area contributed by atoms with E-state index in [1.54, 1.807) is 6.92 Å². The van der Waals surface area contributed by atoms with Crippen molar-refractivity contribution in [1.29, 1.82) is 0 Å². The minimum Gasteiger partial charge on any atom is -0.608 e. The van der Waals surface area contributed by atoms with Gasteiger partial charge in [-0.25, -0.2) is 0 Å². The highest BCUT2D eigenvalue weighted by molar-refractivity contribution is 4.74. The zero-order valence-electron chi connectivity index (χ0n) is 4.81. The van der Waals surface area contributed by atoms with Crippen LogP contribution < -0.4 is 10.8 Å². The van der Waals surface area contributed by atoms with Crippen molar-refractivity contribution < 1.29 is 15.6 Å². The summed E-state index contributed by atoms with van der Waals surface area (Å²) in [4.78, 5) is 0. The standard InChI is InChI=1S/C5H9NO2/c1-2-8-5(7)3-4-6/h4,7H,2,6H2,1H3. The van der Waals surface area contributed by atoms with Crippen LogP contribution in [0, 0.1) is 0 Å². The molecule has 3 nitrogen and oxygen atoms in total. The summed E-state index contributed by atoms with van der Waals surface area (Å²) in [5, 5.41) is 10.2. The second-order valence-electron chi connectivity index (χ2n) is 1.07. The van der Waals surface area contributed by atoms with Gasteiger partial charge in [0.15, 0.2) is 0 Å². The van der Waals surface area contributed by atoms with E-state index < -0.39 is 5.95 Å². The summed E-state index contributed by atoms with van der Waals surface area (Å²) in [6.07, 6.45) is 1.28. The molecule has 0 aromatic rings. The predicted molar refractivity (Wildman–Crippen MR) is 26.1 cm³/mol. The molecule has 3 N–H and O–H groups in total. The summed E-state index contributed by atoms with van der Waals surface area (Å²) in [6.45, 7) is 2.13. The Kier molecular flexibility index (Phi) is 3.76. The summed E-state index contributed by atoms with van der Waals surface area (Å²) in [6, 6.07) is 0. The molecule has 0 aliphatic heterocycles. The molecule has 0 aliphatic carbocycles. The lowest BCUT2D eigenvalue weighted by molar-refractivity contribution is -0.357. The first-order chi connectivity index (χ1) is 3.81. The fraction of sp³-hybridized carbons (Fsp3) is 0.400. The number of hydrogen-bond acceptors (Lipinski definition) is 2. The Bertz CT molecular complexity index is 114. The average molecular weight is 115 g/mol. The summed E-state index contributed by atoms with van der Waals surface area (Å²) in [5.74, 6) is -0.456. The topological polar surface area (TPSA) is 59.9 Å². The highest BCUT2D eigenvalue weighted by Crippen LogP contribution is 1.78. The van der Waals surface area contributed by atoms with Crippen LogP contribution in [0.1, 0.15) is 6.92 Å². The molecule has 0 spiro atoms. The van der Waals surface area contributed by atoms with Gasteiger partial charge in [0, 0.05) is 0 Å². The third kappa shape index (κ3) is 3.28. The smallest absolute Gasteiger partial charge is 0.136 e. The molecule has 0 aliphatic rings. The van der Waals surface area contributed by atoms with Crippen molar-refractivity contribution in [3.63, 3.8) is 0 Å². The van der Waals surface area contributed by atoms with E-state index in [0.29, 0.717) is 6.61 Å². The third-order valence-electron chi connectivity index (χ3n) is 0.495. The Morgan fingerprint density at radius 2 is 2.62 bits per heavy atom. The van der Waals surface area contributed by atoms with Crippen LogP contribution in [0.2, 0.25) is 0 Å². The molecule has 8 heavy (non-hydrogen) atoms. The second kappa shape index (κ2) is 4.24. The lowest BCUT2D eigenvalue weighted by Gasteiger charge is -2.07. The van der Waals surface area contributed by atoms with Crippen LogP contribution in [0.4, 0.5) is 0 Å². The van der Waals surface area contributed by atoms with Gasteiger partial charge in [0.05, 0.1) is 0 Å². The first kappa shape index (κ1) is 7.08. The van der Waals surface area contributed by atoms with Gasteiger partial charge in [0.2, 0.25) is 0 Å². The predicted octanol–water partition coefficient (Wildman–Crippen LogP) is -1.42. The molecule has 0 rings (SSSR count). The highest BCUT2D eigenvalue weighted by Gasteiger charge is 1.68. The van der Waals surface area contributed by atoms with Crippen molar-refractivity contribution in [3.8, 4) is 0 Å². The van der Waals surface area contributed by atoms with Gasteiger partial charge in [-0.3, -0.25) is 0 Å². The molecule has 0 saturated heterocycles. The molecule has 0 unspecified atom stereocenters. The maximum atomic E-state index is 10.2. The lowest BCUT2D eigenvalue weighted by Crippen LogP contribution is -2.38. The number of rotatable bonds is 2. The molecular formula is C5H9NO2. The van der Waals surface area contributed by atoms with Crippen LogP contribution in [0.5, 0.6) is 0 Å². The van der Waals surface area contributed by atoms with E-state index in [9.17, 15) is 5.11 Å². The first-order valence-electron chi connectivity index (χ1n) is 2.35. The molecule has 3 heteroatoms. The zero-order valence-corrected chi connectivity index (χ0v) is 4.81. The van der Waals surface area contributed by atoms with Crippen molar-refractivity contribution in [2.75, 3.05) is 6.61 Å². The molecule has 0 radical (unpaired) electrons. The van der Waals surface area contributed by atoms with Crippen molar-refractivity contribution in [1.82, 2.24) is 0 Å². The molecular weight excluding hydrogens is 106 g/mol. The van der Waals surface area contributed by atoms with Crippen LogP contribution in [0.15, 0.2) is 17.9 Å². The van der Waals surface area contributed by atoms with Crippen LogP contribution in [-0.4, -0.2) is 6.61 Å². The largest absolute Gasteiger partial charge is 0.608 e. The van der Waals surface area contributed by atoms with E-state index >= 15 is 0 Å². The second-order valence-corrected chi connectivity index (χ2v) is 1.07. The van der Waals surface area contributed by atoms with E-state index in [1.165, 1.54) is 6.20 Å². The van der Waals surface area contributed by atoms with E-state index in [2.05, 4.69) is 16.2 Å². The molecule has 0 atom stereocenters. The van der Waals surface area contributed by atoms with Gasteiger partial charge < -0.3 is 15.6 Å². The SMILES string of the molecule is CCOC([O-])=C=C[NH3+]. The molecule has 0 fully saturated rings. The Hall–Kier alpha value is -0.920. The molecule has 46 valence electrons. The van der Waals surface area contributed by atoms with Gasteiger partial charge in [-0.2, -0.15) is 0 Å².